The molecule has 0 aliphatic heterocycles. The highest BCUT2D eigenvalue weighted by Gasteiger charge is 2.46. The first-order chi connectivity index (χ1) is 13.9. The Balaban J connectivity index is 2.27. The van der Waals surface area contributed by atoms with Crippen LogP contribution in [0.4, 0.5) is 0 Å². The first-order valence-electron chi connectivity index (χ1n) is 8.83. The van der Waals surface area contributed by atoms with Crippen molar-refractivity contribution in [1.29, 1.82) is 5.26 Å². The molecular formula is C23H19ClN2O3. The van der Waals surface area contributed by atoms with Crippen molar-refractivity contribution in [2.24, 2.45) is 5.73 Å². The summed E-state index contributed by atoms with van der Waals surface area (Å²) in [6.45, 7) is 0. The minimum atomic E-state index is -2.05. The number of benzene rings is 3. The second-order valence-electron chi connectivity index (χ2n) is 6.55. The van der Waals surface area contributed by atoms with Crippen LogP contribution in [0.3, 0.4) is 0 Å². The minimum absolute atomic E-state index is 0.225. The van der Waals surface area contributed by atoms with E-state index in [0.717, 1.165) is 0 Å². The molecule has 0 bridgehead atoms. The molecule has 146 valence electrons. The molecule has 0 saturated heterocycles. The molecule has 0 aromatic heterocycles. The lowest BCUT2D eigenvalue weighted by Gasteiger charge is -2.35. The molecule has 6 heteroatoms. The van der Waals surface area contributed by atoms with E-state index in [1.807, 2.05) is 6.07 Å². The molecule has 0 saturated carbocycles. The van der Waals surface area contributed by atoms with E-state index in [0.29, 0.717) is 28.0 Å². The molecule has 0 spiro atoms. The zero-order chi connectivity index (χ0) is 21.0. The Labute approximate surface area is 173 Å². The number of hydrogen-bond acceptors (Lipinski definition) is 4. The molecule has 3 aromatic rings. The maximum absolute atomic E-state index is 12.6. The average molecular weight is 407 g/mol. The standard InChI is InChI=1S/C23H19ClN2O3/c1-29-19-11-9-15(10-12-19)21(16-7-8-17(14-25)20(24)13-16)23(28,22(26)27)18-5-3-2-4-6-18/h2-13,21,28H,1H3,(H2,26,27). The summed E-state index contributed by atoms with van der Waals surface area (Å²) < 4.78 is 5.21. The van der Waals surface area contributed by atoms with Gasteiger partial charge in [-0.05, 0) is 41.0 Å². The highest BCUT2D eigenvalue weighted by atomic mass is 35.5. The molecule has 29 heavy (non-hydrogen) atoms. The SMILES string of the molecule is COc1ccc(C(c2ccc(C#N)c(Cl)c2)C(O)(C(N)=O)c2ccccc2)cc1. The zero-order valence-electron chi connectivity index (χ0n) is 15.7. The number of hydrogen-bond donors (Lipinski definition) is 2. The molecule has 2 atom stereocenters. The quantitative estimate of drug-likeness (QED) is 0.651. The summed E-state index contributed by atoms with van der Waals surface area (Å²) in [5.41, 5.74) is 5.52. The van der Waals surface area contributed by atoms with Crippen molar-refractivity contribution in [1.82, 2.24) is 0 Å². The molecule has 3 rings (SSSR count). The molecule has 0 radical (unpaired) electrons. The maximum Gasteiger partial charge on any atom is 0.255 e. The van der Waals surface area contributed by atoms with Gasteiger partial charge in [0.25, 0.3) is 5.91 Å². The van der Waals surface area contributed by atoms with Crippen molar-refractivity contribution in [3.63, 3.8) is 0 Å². The Kier molecular flexibility index (Phi) is 5.88. The van der Waals surface area contributed by atoms with E-state index in [2.05, 4.69) is 0 Å². The fourth-order valence-electron chi connectivity index (χ4n) is 3.42. The van der Waals surface area contributed by atoms with Gasteiger partial charge in [-0.2, -0.15) is 5.26 Å². The molecule has 5 nitrogen and oxygen atoms in total. The Morgan fingerprint density at radius 3 is 2.24 bits per heavy atom. The van der Waals surface area contributed by atoms with E-state index in [4.69, 9.17) is 22.1 Å². The van der Waals surface area contributed by atoms with Crippen molar-refractivity contribution in [3.05, 3.63) is 100 Å². The number of nitriles is 1. The molecule has 2 unspecified atom stereocenters. The summed E-state index contributed by atoms with van der Waals surface area (Å²) in [5, 5.41) is 21.1. The van der Waals surface area contributed by atoms with Gasteiger partial charge in [0, 0.05) is 0 Å². The number of amides is 1. The average Bonchev–Trinajstić information content (AvgIpc) is 2.75. The first-order valence-corrected chi connectivity index (χ1v) is 9.21. The van der Waals surface area contributed by atoms with E-state index in [9.17, 15) is 15.2 Å². The molecule has 1 amide bonds. The third-order valence-electron chi connectivity index (χ3n) is 4.90. The summed E-state index contributed by atoms with van der Waals surface area (Å²) >= 11 is 6.24. The Hall–Kier alpha value is -3.33. The number of nitrogens with zero attached hydrogens (tertiary/aromatic N) is 1. The number of nitrogens with two attached hydrogens (primary N) is 1. The number of rotatable bonds is 6. The van der Waals surface area contributed by atoms with Gasteiger partial charge in [0.2, 0.25) is 0 Å². The third kappa shape index (κ3) is 3.81. The Morgan fingerprint density at radius 1 is 1.10 bits per heavy atom. The third-order valence-corrected chi connectivity index (χ3v) is 5.22. The van der Waals surface area contributed by atoms with E-state index < -0.39 is 17.4 Å². The summed E-state index contributed by atoms with van der Waals surface area (Å²) in [6.07, 6.45) is 0. The predicted molar refractivity (Wildman–Crippen MR) is 111 cm³/mol. The smallest absolute Gasteiger partial charge is 0.255 e. The maximum atomic E-state index is 12.6. The lowest BCUT2D eigenvalue weighted by Crippen LogP contribution is -2.46. The van der Waals surface area contributed by atoms with Gasteiger partial charge in [-0.25, -0.2) is 0 Å². The van der Waals surface area contributed by atoms with Crippen LogP contribution >= 0.6 is 11.6 Å². The highest BCUT2D eigenvalue weighted by Crippen LogP contribution is 2.43. The van der Waals surface area contributed by atoms with Gasteiger partial charge in [-0.3, -0.25) is 4.79 Å². The van der Waals surface area contributed by atoms with Gasteiger partial charge in [0.1, 0.15) is 11.8 Å². The van der Waals surface area contributed by atoms with Crippen LogP contribution in [0.5, 0.6) is 5.75 Å². The van der Waals surface area contributed by atoms with Crippen molar-refractivity contribution in [3.8, 4) is 11.8 Å². The normalized spacial score (nSPS) is 13.7. The lowest BCUT2D eigenvalue weighted by atomic mass is 9.73. The molecule has 0 heterocycles. The monoisotopic (exact) mass is 406 g/mol. The predicted octanol–water partition coefficient (Wildman–Crippen LogP) is 3.73. The van der Waals surface area contributed by atoms with E-state index in [-0.39, 0.29) is 5.02 Å². The van der Waals surface area contributed by atoms with Crippen molar-refractivity contribution in [2.45, 2.75) is 11.5 Å². The summed E-state index contributed by atoms with van der Waals surface area (Å²) in [7, 11) is 1.55. The van der Waals surface area contributed by atoms with Crippen LogP contribution in [0.15, 0.2) is 72.8 Å². The molecule has 0 aliphatic rings. The minimum Gasteiger partial charge on any atom is -0.497 e. The topological polar surface area (TPSA) is 96.3 Å². The van der Waals surface area contributed by atoms with Gasteiger partial charge in [0.15, 0.2) is 5.60 Å². The summed E-state index contributed by atoms with van der Waals surface area (Å²) in [4.78, 5) is 12.6. The van der Waals surface area contributed by atoms with Crippen LogP contribution in [0.25, 0.3) is 0 Å². The molecule has 3 N–H and O–H groups in total. The second kappa shape index (κ2) is 8.36. The number of ether oxygens (including phenoxy) is 1. The fourth-order valence-corrected chi connectivity index (χ4v) is 3.65. The van der Waals surface area contributed by atoms with Gasteiger partial charge >= 0.3 is 0 Å². The number of methoxy groups -OCH3 is 1. The summed E-state index contributed by atoms with van der Waals surface area (Å²) in [6, 6.07) is 22.3. The largest absolute Gasteiger partial charge is 0.497 e. The number of carbonyl (C=O) groups is 1. The van der Waals surface area contributed by atoms with Crippen LogP contribution < -0.4 is 10.5 Å². The van der Waals surface area contributed by atoms with Crippen LogP contribution in [0.1, 0.15) is 28.2 Å². The van der Waals surface area contributed by atoms with Gasteiger partial charge in [-0.1, -0.05) is 60.1 Å². The van der Waals surface area contributed by atoms with Gasteiger partial charge in [-0.15, -0.1) is 0 Å². The number of aliphatic hydroxyl groups is 1. The fraction of sp³-hybridized carbons (Fsp3) is 0.130. The van der Waals surface area contributed by atoms with Gasteiger partial charge in [0.05, 0.1) is 23.6 Å². The second-order valence-corrected chi connectivity index (χ2v) is 6.96. The molecule has 0 aliphatic carbocycles. The highest BCUT2D eigenvalue weighted by molar-refractivity contribution is 6.31. The number of halogens is 1. The first kappa shape index (κ1) is 20.4. The van der Waals surface area contributed by atoms with E-state index in [1.165, 1.54) is 0 Å². The van der Waals surface area contributed by atoms with Crippen molar-refractivity contribution >= 4 is 17.5 Å². The number of carbonyl (C=O) groups excluding carboxylic acids is 1. The molecular weight excluding hydrogens is 388 g/mol. The van der Waals surface area contributed by atoms with Crippen LogP contribution in [0.2, 0.25) is 5.02 Å². The van der Waals surface area contributed by atoms with Crippen LogP contribution in [-0.2, 0) is 10.4 Å². The van der Waals surface area contributed by atoms with Crippen LogP contribution in [-0.4, -0.2) is 18.1 Å². The van der Waals surface area contributed by atoms with Crippen molar-refractivity contribution in [2.75, 3.05) is 7.11 Å². The van der Waals surface area contributed by atoms with E-state index >= 15 is 0 Å². The number of primary amides is 1. The molecule has 3 aromatic carbocycles. The Morgan fingerprint density at radius 2 is 1.72 bits per heavy atom. The Bertz CT molecular complexity index is 1060. The summed E-state index contributed by atoms with van der Waals surface area (Å²) in [5.74, 6) is -1.13. The van der Waals surface area contributed by atoms with Crippen LogP contribution in [0, 0.1) is 11.3 Å². The van der Waals surface area contributed by atoms with Gasteiger partial charge < -0.3 is 15.6 Å². The molecule has 0 fully saturated rings. The van der Waals surface area contributed by atoms with Crippen molar-refractivity contribution < 1.29 is 14.6 Å². The zero-order valence-corrected chi connectivity index (χ0v) is 16.4. The lowest BCUT2D eigenvalue weighted by molar-refractivity contribution is -0.138. The van der Waals surface area contributed by atoms with E-state index in [1.54, 1.807) is 79.9 Å².